The number of hydrogen-bond donors (Lipinski definition) is 0. The number of benzene rings is 2. The molecule has 28 heavy (non-hydrogen) atoms. The van der Waals surface area contributed by atoms with Crippen molar-refractivity contribution in [2.45, 2.75) is 37.7 Å². The highest BCUT2D eigenvalue weighted by Gasteiger charge is 2.15. The topological polar surface area (TPSA) is 57.0 Å². The standard InChI is InChI=1S/C21H22ClN3O2S/c1-4-11-25-20(15-5-8-18(22)9-6-15)23-24-21(25)28-13-17-12-16(14(2)26)7-10-19(17)27-3/h5-10,12H,4,11,13H2,1-3H3. The van der Waals surface area contributed by atoms with Gasteiger partial charge in [-0.2, -0.15) is 0 Å². The van der Waals surface area contributed by atoms with Crippen molar-refractivity contribution in [1.29, 1.82) is 0 Å². The molecule has 3 rings (SSSR count). The predicted octanol–water partition coefficient (Wildman–Crippen LogP) is 5.51. The Morgan fingerprint density at radius 1 is 1.18 bits per heavy atom. The minimum Gasteiger partial charge on any atom is -0.496 e. The summed E-state index contributed by atoms with van der Waals surface area (Å²) in [5.74, 6) is 2.25. The highest BCUT2D eigenvalue weighted by Crippen LogP contribution is 2.31. The van der Waals surface area contributed by atoms with Crippen LogP contribution in [0.5, 0.6) is 5.75 Å². The summed E-state index contributed by atoms with van der Waals surface area (Å²) < 4.78 is 7.57. The number of carbonyl (C=O) groups is 1. The Hall–Kier alpha value is -2.31. The molecule has 0 aliphatic heterocycles. The molecule has 0 unspecified atom stereocenters. The third kappa shape index (κ3) is 4.56. The van der Waals surface area contributed by atoms with Crippen molar-refractivity contribution in [2.24, 2.45) is 0 Å². The fourth-order valence-corrected chi connectivity index (χ4v) is 3.95. The normalized spacial score (nSPS) is 10.9. The quantitative estimate of drug-likeness (QED) is 0.358. The SMILES string of the molecule is CCCn1c(SCc2cc(C(C)=O)ccc2OC)nnc1-c1ccc(Cl)cc1. The number of thioether (sulfide) groups is 1. The minimum atomic E-state index is 0.0353. The van der Waals surface area contributed by atoms with Crippen LogP contribution in [0.2, 0.25) is 5.02 Å². The number of aromatic nitrogens is 3. The van der Waals surface area contributed by atoms with E-state index in [1.807, 2.05) is 36.4 Å². The zero-order valence-electron chi connectivity index (χ0n) is 16.1. The van der Waals surface area contributed by atoms with Crippen LogP contribution in [0.25, 0.3) is 11.4 Å². The second-order valence-corrected chi connectivity index (χ2v) is 7.72. The van der Waals surface area contributed by atoms with Gasteiger partial charge in [0.2, 0.25) is 0 Å². The summed E-state index contributed by atoms with van der Waals surface area (Å²) in [5.41, 5.74) is 2.61. The van der Waals surface area contributed by atoms with Gasteiger partial charge in [-0.25, -0.2) is 0 Å². The molecule has 0 bridgehead atoms. The van der Waals surface area contributed by atoms with Crippen LogP contribution in [0, 0.1) is 0 Å². The second kappa shape index (κ2) is 9.26. The molecule has 0 radical (unpaired) electrons. The van der Waals surface area contributed by atoms with Crippen LogP contribution in [0.1, 0.15) is 36.2 Å². The molecule has 0 spiro atoms. The maximum atomic E-state index is 11.7. The summed E-state index contributed by atoms with van der Waals surface area (Å²) in [4.78, 5) is 11.7. The van der Waals surface area contributed by atoms with Gasteiger partial charge in [0.1, 0.15) is 5.75 Å². The molecular formula is C21H22ClN3O2S. The molecule has 2 aromatic carbocycles. The van der Waals surface area contributed by atoms with E-state index in [0.717, 1.165) is 40.8 Å². The maximum Gasteiger partial charge on any atom is 0.191 e. The molecule has 146 valence electrons. The lowest BCUT2D eigenvalue weighted by Crippen LogP contribution is -2.02. The average molecular weight is 416 g/mol. The van der Waals surface area contributed by atoms with Crippen molar-refractivity contribution in [3.63, 3.8) is 0 Å². The number of carbonyl (C=O) groups excluding carboxylic acids is 1. The van der Waals surface area contributed by atoms with Gasteiger partial charge in [0, 0.05) is 34.0 Å². The fourth-order valence-electron chi connectivity index (χ4n) is 2.89. The molecule has 0 atom stereocenters. The Balaban J connectivity index is 1.88. The van der Waals surface area contributed by atoms with Gasteiger partial charge in [-0.15, -0.1) is 10.2 Å². The summed E-state index contributed by atoms with van der Waals surface area (Å²) in [7, 11) is 1.63. The van der Waals surface area contributed by atoms with Crippen LogP contribution in [-0.4, -0.2) is 27.7 Å². The Kier molecular flexibility index (Phi) is 6.75. The summed E-state index contributed by atoms with van der Waals surface area (Å²) in [6.45, 7) is 4.51. The Morgan fingerprint density at radius 2 is 1.93 bits per heavy atom. The van der Waals surface area contributed by atoms with Crippen LogP contribution in [0.4, 0.5) is 0 Å². The highest BCUT2D eigenvalue weighted by atomic mass is 35.5. The van der Waals surface area contributed by atoms with Gasteiger partial charge in [0.15, 0.2) is 16.8 Å². The van der Waals surface area contributed by atoms with Gasteiger partial charge in [-0.3, -0.25) is 4.79 Å². The van der Waals surface area contributed by atoms with Gasteiger partial charge >= 0.3 is 0 Å². The maximum absolute atomic E-state index is 11.7. The molecule has 0 aliphatic rings. The number of halogens is 1. The fraction of sp³-hybridized carbons (Fsp3) is 0.286. The van der Waals surface area contributed by atoms with Gasteiger partial charge < -0.3 is 9.30 Å². The van der Waals surface area contributed by atoms with Crippen molar-refractivity contribution >= 4 is 29.1 Å². The largest absolute Gasteiger partial charge is 0.496 e. The molecule has 0 N–H and O–H groups in total. The molecule has 1 aromatic heterocycles. The second-order valence-electron chi connectivity index (χ2n) is 6.34. The van der Waals surface area contributed by atoms with E-state index >= 15 is 0 Å². The summed E-state index contributed by atoms with van der Waals surface area (Å²) in [6.07, 6.45) is 0.968. The van der Waals surface area contributed by atoms with E-state index in [9.17, 15) is 4.79 Å². The van der Waals surface area contributed by atoms with E-state index in [1.54, 1.807) is 31.9 Å². The molecule has 0 aliphatic carbocycles. The first-order valence-electron chi connectivity index (χ1n) is 9.03. The molecule has 0 amide bonds. The van der Waals surface area contributed by atoms with Crippen LogP contribution in [0.15, 0.2) is 47.6 Å². The number of hydrogen-bond acceptors (Lipinski definition) is 5. The zero-order chi connectivity index (χ0) is 20.1. The van der Waals surface area contributed by atoms with Crippen LogP contribution >= 0.6 is 23.4 Å². The molecule has 5 nitrogen and oxygen atoms in total. The minimum absolute atomic E-state index is 0.0353. The lowest BCUT2D eigenvalue weighted by atomic mass is 10.1. The molecule has 0 fully saturated rings. The molecule has 3 aromatic rings. The first-order chi connectivity index (χ1) is 13.5. The van der Waals surface area contributed by atoms with E-state index in [1.165, 1.54) is 0 Å². The van der Waals surface area contributed by atoms with Crippen molar-refractivity contribution in [3.05, 3.63) is 58.6 Å². The summed E-state index contributed by atoms with van der Waals surface area (Å²) >= 11 is 7.58. The third-order valence-electron chi connectivity index (χ3n) is 4.31. The van der Waals surface area contributed by atoms with Crippen molar-refractivity contribution in [1.82, 2.24) is 14.8 Å². The van der Waals surface area contributed by atoms with Crippen molar-refractivity contribution < 1.29 is 9.53 Å². The van der Waals surface area contributed by atoms with Gasteiger partial charge in [-0.1, -0.05) is 30.3 Å². The third-order valence-corrected chi connectivity index (χ3v) is 5.58. The van der Waals surface area contributed by atoms with Crippen LogP contribution in [-0.2, 0) is 12.3 Å². The molecular weight excluding hydrogens is 394 g/mol. The van der Waals surface area contributed by atoms with E-state index in [4.69, 9.17) is 16.3 Å². The zero-order valence-corrected chi connectivity index (χ0v) is 17.7. The Labute approximate surface area is 174 Å². The van der Waals surface area contributed by atoms with E-state index in [-0.39, 0.29) is 5.78 Å². The van der Waals surface area contributed by atoms with E-state index in [0.29, 0.717) is 16.3 Å². The number of nitrogens with zero attached hydrogens (tertiary/aromatic N) is 3. The number of Topliss-reactive ketones (excluding diaryl/α,β-unsaturated/α-hetero) is 1. The molecule has 7 heteroatoms. The van der Waals surface area contributed by atoms with E-state index in [2.05, 4.69) is 21.7 Å². The first-order valence-corrected chi connectivity index (χ1v) is 10.4. The lowest BCUT2D eigenvalue weighted by molar-refractivity contribution is 0.101. The van der Waals surface area contributed by atoms with Crippen LogP contribution < -0.4 is 4.74 Å². The molecule has 0 saturated carbocycles. The molecule has 1 heterocycles. The Morgan fingerprint density at radius 3 is 2.57 bits per heavy atom. The average Bonchev–Trinajstić information content (AvgIpc) is 3.09. The van der Waals surface area contributed by atoms with E-state index < -0.39 is 0 Å². The van der Waals surface area contributed by atoms with Crippen LogP contribution in [0.3, 0.4) is 0 Å². The summed E-state index contributed by atoms with van der Waals surface area (Å²) in [5, 5.41) is 10.3. The van der Waals surface area contributed by atoms with Gasteiger partial charge in [0.05, 0.1) is 7.11 Å². The number of ketones is 1. The monoisotopic (exact) mass is 415 g/mol. The smallest absolute Gasteiger partial charge is 0.191 e. The number of rotatable bonds is 8. The van der Waals surface area contributed by atoms with Crippen molar-refractivity contribution in [3.8, 4) is 17.1 Å². The first kappa shape index (κ1) is 20.4. The van der Waals surface area contributed by atoms with Crippen molar-refractivity contribution in [2.75, 3.05) is 7.11 Å². The molecule has 0 saturated heterocycles. The van der Waals surface area contributed by atoms with Gasteiger partial charge in [-0.05, 0) is 55.8 Å². The highest BCUT2D eigenvalue weighted by molar-refractivity contribution is 7.98. The summed E-state index contributed by atoms with van der Waals surface area (Å²) in [6, 6.07) is 13.1. The lowest BCUT2D eigenvalue weighted by Gasteiger charge is -2.11. The number of ether oxygens (including phenoxy) is 1. The number of methoxy groups -OCH3 is 1. The van der Waals surface area contributed by atoms with Gasteiger partial charge in [0.25, 0.3) is 0 Å². The predicted molar refractivity (Wildman–Crippen MR) is 113 cm³/mol. The Bertz CT molecular complexity index is 970.